The molecule has 3 aromatic rings. The van der Waals surface area contributed by atoms with Gasteiger partial charge in [-0.05, 0) is 56.5 Å². The van der Waals surface area contributed by atoms with Gasteiger partial charge >= 0.3 is 5.97 Å². The number of aromatic nitrogens is 4. The number of anilines is 2. The minimum absolute atomic E-state index is 0.137. The average molecular weight is 465 g/mol. The molecule has 1 saturated heterocycles. The van der Waals surface area contributed by atoms with E-state index in [4.69, 9.17) is 4.74 Å². The Bertz CT molecular complexity index is 1200. The van der Waals surface area contributed by atoms with Crippen LogP contribution in [0.1, 0.15) is 45.4 Å². The summed E-state index contributed by atoms with van der Waals surface area (Å²) in [6, 6.07) is 6.63. The maximum atomic E-state index is 13.2. The Hall–Kier alpha value is -3.62. The van der Waals surface area contributed by atoms with Crippen LogP contribution in [0.5, 0.6) is 0 Å². The lowest BCUT2D eigenvalue weighted by Crippen LogP contribution is -2.53. The fourth-order valence-electron chi connectivity index (χ4n) is 4.26. The fraction of sp³-hybridized carbons (Fsp3) is 0.400. The van der Waals surface area contributed by atoms with E-state index in [0.717, 1.165) is 47.8 Å². The van der Waals surface area contributed by atoms with E-state index in [1.54, 1.807) is 19.1 Å². The van der Waals surface area contributed by atoms with Crippen molar-refractivity contribution in [3.05, 3.63) is 69.9 Å². The van der Waals surface area contributed by atoms with Crippen LogP contribution in [0.25, 0.3) is 0 Å². The monoisotopic (exact) mass is 464 g/mol. The molecule has 178 valence electrons. The van der Waals surface area contributed by atoms with Gasteiger partial charge in [-0.1, -0.05) is 12.1 Å². The van der Waals surface area contributed by atoms with E-state index in [1.807, 2.05) is 0 Å². The third-order valence-corrected chi connectivity index (χ3v) is 6.44. The maximum Gasteiger partial charge on any atom is 0.341 e. The first-order valence-corrected chi connectivity index (χ1v) is 11.3. The molecule has 0 saturated carbocycles. The zero-order valence-corrected chi connectivity index (χ0v) is 20.2. The highest BCUT2D eigenvalue weighted by atomic mass is 19.1. The highest BCUT2D eigenvalue weighted by Gasteiger charge is 2.28. The molecule has 0 aliphatic carbocycles. The molecule has 2 aromatic heterocycles. The van der Waals surface area contributed by atoms with E-state index in [2.05, 4.69) is 50.7 Å². The third kappa shape index (κ3) is 4.69. The zero-order chi connectivity index (χ0) is 24.4. The van der Waals surface area contributed by atoms with Gasteiger partial charge in [-0.3, -0.25) is 0 Å². The Kier molecular flexibility index (Phi) is 6.72. The Labute approximate surface area is 198 Å². The molecular formula is C25H29FN6O2. The van der Waals surface area contributed by atoms with Gasteiger partial charge in [0, 0.05) is 38.3 Å². The van der Waals surface area contributed by atoms with Gasteiger partial charge in [-0.25, -0.2) is 19.2 Å². The number of aryl methyl sites for hydroxylation is 1. The van der Waals surface area contributed by atoms with Crippen molar-refractivity contribution >= 4 is 17.7 Å². The lowest BCUT2D eigenvalue weighted by molar-refractivity contribution is 0.0599. The van der Waals surface area contributed by atoms with Gasteiger partial charge in [-0.15, -0.1) is 5.10 Å². The molecule has 1 aromatic carbocycles. The molecule has 0 radical (unpaired) electrons. The summed E-state index contributed by atoms with van der Waals surface area (Å²) >= 11 is 0. The number of benzene rings is 1. The molecule has 3 heterocycles. The number of ether oxygens (including phenoxy) is 1. The van der Waals surface area contributed by atoms with Crippen molar-refractivity contribution in [1.82, 2.24) is 20.2 Å². The van der Waals surface area contributed by atoms with E-state index in [9.17, 15) is 9.18 Å². The van der Waals surface area contributed by atoms with Gasteiger partial charge in [0.1, 0.15) is 5.82 Å². The van der Waals surface area contributed by atoms with Gasteiger partial charge in [0.25, 0.3) is 0 Å². The van der Waals surface area contributed by atoms with Gasteiger partial charge < -0.3 is 14.5 Å². The zero-order valence-electron chi connectivity index (χ0n) is 20.2. The maximum absolute atomic E-state index is 13.2. The summed E-state index contributed by atoms with van der Waals surface area (Å²) < 4.78 is 18.0. The Balaban J connectivity index is 1.49. The molecule has 34 heavy (non-hydrogen) atoms. The van der Waals surface area contributed by atoms with Crippen molar-refractivity contribution in [2.45, 2.75) is 40.2 Å². The number of halogens is 1. The van der Waals surface area contributed by atoms with Crippen molar-refractivity contribution < 1.29 is 13.9 Å². The molecule has 1 fully saturated rings. The number of piperazine rings is 1. The summed E-state index contributed by atoms with van der Waals surface area (Å²) in [7, 11) is 1.35. The second kappa shape index (κ2) is 9.70. The number of methoxy groups -OCH3 is 1. The van der Waals surface area contributed by atoms with Gasteiger partial charge in [0.05, 0.1) is 24.1 Å². The number of nitrogens with zero attached hydrogens (tertiary/aromatic N) is 6. The van der Waals surface area contributed by atoms with E-state index < -0.39 is 5.97 Å². The standard InChI is InChI=1S/C25H29FN6O2/c1-15-14-31(10-11-32(15)25-27-13-21(18(4)28-25)24(33)34-5)23-17(3)16(2)22(29-30-23)12-19-6-8-20(26)9-7-19/h6-9,13,15H,10-12,14H2,1-5H3/t15-/m1/s1. The molecule has 1 aliphatic heterocycles. The summed E-state index contributed by atoms with van der Waals surface area (Å²) in [5.74, 6) is 0.802. The molecule has 1 aliphatic rings. The highest BCUT2D eigenvalue weighted by Crippen LogP contribution is 2.26. The Morgan fingerprint density at radius 1 is 1.12 bits per heavy atom. The topological polar surface area (TPSA) is 84.3 Å². The smallest absolute Gasteiger partial charge is 0.341 e. The number of esters is 1. The van der Waals surface area contributed by atoms with Crippen LogP contribution in [0.15, 0.2) is 30.5 Å². The summed E-state index contributed by atoms with van der Waals surface area (Å²) in [4.78, 5) is 25.2. The Morgan fingerprint density at radius 2 is 1.85 bits per heavy atom. The summed E-state index contributed by atoms with van der Waals surface area (Å²) in [5, 5.41) is 9.08. The van der Waals surface area contributed by atoms with Gasteiger partial charge in [0.2, 0.25) is 5.95 Å². The molecule has 0 amide bonds. The van der Waals surface area contributed by atoms with Crippen LogP contribution in [-0.4, -0.2) is 58.9 Å². The quantitative estimate of drug-likeness (QED) is 0.531. The first-order chi connectivity index (χ1) is 16.3. The van der Waals surface area contributed by atoms with Crippen molar-refractivity contribution in [3.8, 4) is 0 Å². The minimum atomic E-state index is -0.436. The molecule has 1 atom stereocenters. The minimum Gasteiger partial charge on any atom is -0.465 e. The van der Waals surface area contributed by atoms with Crippen molar-refractivity contribution in [3.63, 3.8) is 0 Å². The molecule has 9 heteroatoms. The van der Waals surface area contributed by atoms with Crippen molar-refractivity contribution in [2.24, 2.45) is 0 Å². The first kappa shape index (κ1) is 23.5. The van der Waals surface area contributed by atoms with E-state index in [0.29, 0.717) is 23.6 Å². The number of carbonyl (C=O) groups is 1. The molecule has 0 spiro atoms. The molecule has 4 rings (SSSR count). The fourth-order valence-corrected chi connectivity index (χ4v) is 4.26. The number of carbonyl (C=O) groups excluding carboxylic acids is 1. The molecule has 0 unspecified atom stereocenters. The molecule has 0 bridgehead atoms. The number of hydrogen-bond acceptors (Lipinski definition) is 8. The lowest BCUT2D eigenvalue weighted by atomic mass is 10.0. The van der Waals surface area contributed by atoms with Gasteiger partial charge in [-0.2, -0.15) is 5.10 Å². The SMILES string of the molecule is COC(=O)c1cnc(N2CCN(c3nnc(Cc4ccc(F)cc4)c(C)c3C)C[C@H]2C)nc1C. The number of hydrogen-bond donors (Lipinski definition) is 0. The second-order valence-electron chi connectivity index (χ2n) is 8.67. The first-order valence-electron chi connectivity index (χ1n) is 11.3. The van der Waals surface area contributed by atoms with Crippen LogP contribution in [-0.2, 0) is 11.2 Å². The molecule has 0 N–H and O–H groups in total. The predicted octanol–water partition coefficient (Wildman–Crippen LogP) is 3.42. The van der Waals surface area contributed by atoms with E-state index >= 15 is 0 Å². The normalized spacial score (nSPS) is 16.0. The van der Waals surface area contributed by atoms with Gasteiger partial charge in [0.15, 0.2) is 5.82 Å². The predicted molar refractivity (Wildman–Crippen MR) is 128 cm³/mol. The van der Waals surface area contributed by atoms with Crippen LogP contribution in [0.3, 0.4) is 0 Å². The second-order valence-corrected chi connectivity index (χ2v) is 8.67. The van der Waals surface area contributed by atoms with E-state index in [-0.39, 0.29) is 11.9 Å². The molecular weight excluding hydrogens is 435 g/mol. The Morgan fingerprint density at radius 3 is 2.50 bits per heavy atom. The van der Waals surface area contributed by atoms with Crippen LogP contribution < -0.4 is 9.80 Å². The molecule has 8 nitrogen and oxygen atoms in total. The van der Waals surface area contributed by atoms with E-state index in [1.165, 1.54) is 25.4 Å². The van der Waals surface area contributed by atoms with Crippen LogP contribution >= 0.6 is 0 Å². The van der Waals surface area contributed by atoms with Crippen LogP contribution in [0, 0.1) is 26.6 Å². The summed E-state index contributed by atoms with van der Waals surface area (Å²) in [5.41, 5.74) is 5.07. The number of rotatable bonds is 5. The largest absolute Gasteiger partial charge is 0.465 e. The van der Waals surface area contributed by atoms with Crippen LogP contribution in [0.2, 0.25) is 0 Å². The lowest BCUT2D eigenvalue weighted by Gasteiger charge is -2.40. The average Bonchev–Trinajstić information content (AvgIpc) is 2.83. The van der Waals surface area contributed by atoms with Crippen molar-refractivity contribution in [2.75, 3.05) is 36.5 Å². The summed E-state index contributed by atoms with van der Waals surface area (Å²) in [6.07, 6.45) is 2.14. The summed E-state index contributed by atoms with van der Waals surface area (Å²) in [6.45, 7) is 10.3. The van der Waals surface area contributed by atoms with Crippen LogP contribution in [0.4, 0.5) is 16.2 Å². The van der Waals surface area contributed by atoms with Crippen molar-refractivity contribution in [1.29, 1.82) is 0 Å². The third-order valence-electron chi connectivity index (χ3n) is 6.44. The highest BCUT2D eigenvalue weighted by molar-refractivity contribution is 5.90.